The quantitative estimate of drug-likeness (QED) is 0.669. The lowest BCUT2D eigenvalue weighted by Gasteiger charge is -2.29. The Hall–Kier alpha value is -1.48. The molecule has 2 N–H and O–H groups in total. The van der Waals surface area contributed by atoms with Crippen LogP contribution in [0.25, 0.3) is 0 Å². The third-order valence-corrected chi connectivity index (χ3v) is 4.62. The summed E-state index contributed by atoms with van der Waals surface area (Å²) in [7, 11) is 0. The van der Waals surface area contributed by atoms with Gasteiger partial charge in [0.15, 0.2) is 0 Å². The van der Waals surface area contributed by atoms with E-state index in [0.29, 0.717) is 11.6 Å². The van der Waals surface area contributed by atoms with E-state index in [9.17, 15) is 4.39 Å². The first-order chi connectivity index (χ1) is 8.74. The second kappa shape index (κ2) is 4.65. The molecule has 1 unspecified atom stereocenters. The van der Waals surface area contributed by atoms with E-state index in [0.717, 1.165) is 17.1 Å². The minimum atomic E-state index is -0.272. The van der Waals surface area contributed by atoms with Crippen molar-refractivity contribution in [1.29, 1.82) is 0 Å². The molecular formula is C15H14FNS. The van der Waals surface area contributed by atoms with Crippen LogP contribution in [0.4, 0.5) is 10.1 Å². The predicted molar refractivity (Wildman–Crippen MR) is 74.4 cm³/mol. The fourth-order valence-corrected chi connectivity index (χ4v) is 3.42. The Kier molecular flexibility index (Phi) is 3.00. The first-order valence-corrected chi connectivity index (χ1v) is 6.98. The number of benzene rings is 2. The van der Waals surface area contributed by atoms with Crippen molar-refractivity contribution in [2.45, 2.75) is 17.2 Å². The van der Waals surface area contributed by atoms with Crippen molar-refractivity contribution < 1.29 is 4.39 Å². The minimum absolute atomic E-state index is 0.272. The molecule has 0 saturated carbocycles. The number of thioether (sulfide) groups is 1. The largest absolute Gasteiger partial charge is 0.398 e. The van der Waals surface area contributed by atoms with Crippen LogP contribution in [-0.4, -0.2) is 5.75 Å². The first kappa shape index (κ1) is 11.6. The summed E-state index contributed by atoms with van der Waals surface area (Å²) in [5, 5.41) is 0. The zero-order chi connectivity index (χ0) is 12.5. The fourth-order valence-electron chi connectivity index (χ4n) is 2.35. The molecule has 1 nitrogen and oxygen atoms in total. The molecule has 2 aromatic carbocycles. The Bertz CT molecular complexity index is 582. The molecule has 3 rings (SSSR count). The molecule has 0 fully saturated rings. The monoisotopic (exact) mass is 259 g/mol. The molecule has 0 radical (unpaired) electrons. The third kappa shape index (κ3) is 2.10. The lowest BCUT2D eigenvalue weighted by Crippen LogP contribution is -2.18. The molecule has 0 heterocycles. The molecule has 0 amide bonds. The maximum atomic E-state index is 12.9. The molecule has 0 bridgehead atoms. The summed E-state index contributed by atoms with van der Waals surface area (Å²) >= 11 is 1.71. The van der Waals surface area contributed by atoms with Gasteiger partial charge >= 0.3 is 0 Å². The molecular weight excluding hydrogens is 245 g/mol. The van der Waals surface area contributed by atoms with Gasteiger partial charge in [-0.05, 0) is 41.7 Å². The van der Waals surface area contributed by atoms with Gasteiger partial charge in [-0.1, -0.05) is 24.3 Å². The Morgan fingerprint density at radius 3 is 2.83 bits per heavy atom. The highest BCUT2D eigenvalue weighted by molar-refractivity contribution is 7.99. The highest BCUT2D eigenvalue weighted by Gasteiger charge is 2.25. The Balaban J connectivity index is 1.66. The highest BCUT2D eigenvalue weighted by atomic mass is 32.2. The number of rotatable bonds is 3. The number of fused-ring (bicyclic) bond motifs is 1. The minimum Gasteiger partial charge on any atom is -0.398 e. The van der Waals surface area contributed by atoms with Crippen LogP contribution < -0.4 is 5.73 Å². The second-order valence-electron chi connectivity index (χ2n) is 4.59. The highest BCUT2D eigenvalue weighted by Crippen LogP contribution is 2.39. The van der Waals surface area contributed by atoms with Crippen LogP contribution in [-0.2, 0) is 6.42 Å². The fraction of sp³-hybridized carbons (Fsp3) is 0.200. The summed E-state index contributed by atoms with van der Waals surface area (Å²) in [5.41, 5.74) is 9.24. The van der Waals surface area contributed by atoms with E-state index in [4.69, 9.17) is 5.73 Å². The number of halogens is 1. The first-order valence-electron chi connectivity index (χ1n) is 5.99. The normalized spacial score (nSPS) is 17.1. The maximum absolute atomic E-state index is 12.9. The number of anilines is 1. The molecule has 1 aliphatic rings. The summed E-state index contributed by atoms with van der Waals surface area (Å²) < 4.78 is 12.9. The average molecular weight is 259 g/mol. The van der Waals surface area contributed by atoms with E-state index in [1.807, 2.05) is 0 Å². The van der Waals surface area contributed by atoms with Crippen LogP contribution in [0, 0.1) is 5.82 Å². The maximum Gasteiger partial charge on any atom is 0.125 e. The molecule has 0 aromatic heterocycles. The summed E-state index contributed by atoms with van der Waals surface area (Å²) in [6.45, 7) is 0. The van der Waals surface area contributed by atoms with E-state index in [1.54, 1.807) is 17.8 Å². The van der Waals surface area contributed by atoms with E-state index >= 15 is 0 Å². The van der Waals surface area contributed by atoms with Crippen molar-refractivity contribution in [3.05, 3.63) is 59.4 Å². The van der Waals surface area contributed by atoms with E-state index in [2.05, 4.69) is 24.3 Å². The van der Waals surface area contributed by atoms with Gasteiger partial charge in [-0.3, -0.25) is 0 Å². The number of nitrogen functional groups attached to an aromatic ring is 1. The standard InChI is InChI=1S/C15H14FNS/c16-12-5-6-15(14(17)8-12)18-9-11-7-10-3-1-2-4-13(10)11/h1-6,8,11H,7,9,17H2. The number of nitrogens with two attached hydrogens (primary N) is 1. The van der Waals surface area contributed by atoms with Gasteiger partial charge in [0.1, 0.15) is 5.82 Å². The van der Waals surface area contributed by atoms with Crippen LogP contribution in [0.15, 0.2) is 47.4 Å². The zero-order valence-corrected chi connectivity index (χ0v) is 10.7. The predicted octanol–water partition coefficient (Wildman–Crippen LogP) is 3.84. The summed E-state index contributed by atoms with van der Waals surface area (Å²) in [6.07, 6.45) is 1.14. The molecule has 0 saturated heterocycles. The summed E-state index contributed by atoms with van der Waals surface area (Å²) in [4.78, 5) is 0.973. The van der Waals surface area contributed by atoms with Crippen LogP contribution >= 0.6 is 11.8 Å². The van der Waals surface area contributed by atoms with Gasteiger partial charge in [-0.2, -0.15) is 0 Å². The second-order valence-corrected chi connectivity index (χ2v) is 5.65. The summed E-state index contributed by atoms with van der Waals surface area (Å²) in [6, 6.07) is 13.2. The van der Waals surface area contributed by atoms with Gasteiger partial charge in [0.25, 0.3) is 0 Å². The van der Waals surface area contributed by atoms with Crippen molar-refractivity contribution >= 4 is 17.4 Å². The van der Waals surface area contributed by atoms with E-state index in [-0.39, 0.29) is 5.82 Å². The molecule has 92 valence electrons. The van der Waals surface area contributed by atoms with E-state index in [1.165, 1.54) is 23.3 Å². The van der Waals surface area contributed by atoms with Crippen LogP contribution in [0.5, 0.6) is 0 Å². The average Bonchev–Trinajstić information content (AvgIpc) is 2.33. The lowest BCUT2D eigenvalue weighted by molar-refractivity contribution is 0.627. The smallest absolute Gasteiger partial charge is 0.125 e. The van der Waals surface area contributed by atoms with Crippen LogP contribution in [0.1, 0.15) is 17.0 Å². The van der Waals surface area contributed by atoms with Gasteiger partial charge in [0, 0.05) is 16.3 Å². The number of hydrogen-bond donors (Lipinski definition) is 1. The molecule has 0 spiro atoms. The van der Waals surface area contributed by atoms with Crippen molar-refractivity contribution in [3.63, 3.8) is 0 Å². The molecule has 1 atom stereocenters. The zero-order valence-electron chi connectivity index (χ0n) is 9.90. The molecule has 18 heavy (non-hydrogen) atoms. The molecule has 1 aliphatic carbocycles. The van der Waals surface area contributed by atoms with Gasteiger partial charge in [0.2, 0.25) is 0 Å². The van der Waals surface area contributed by atoms with Gasteiger partial charge in [0.05, 0.1) is 0 Å². The Labute approximate surface area is 110 Å². The molecule has 0 aliphatic heterocycles. The van der Waals surface area contributed by atoms with E-state index < -0.39 is 0 Å². The van der Waals surface area contributed by atoms with Gasteiger partial charge in [-0.15, -0.1) is 11.8 Å². The van der Waals surface area contributed by atoms with Crippen molar-refractivity contribution in [2.75, 3.05) is 11.5 Å². The van der Waals surface area contributed by atoms with Crippen LogP contribution in [0.2, 0.25) is 0 Å². The summed E-state index contributed by atoms with van der Waals surface area (Å²) in [5.74, 6) is 1.34. The lowest BCUT2D eigenvalue weighted by atomic mass is 9.79. The van der Waals surface area contributed by atoms with Gasteiger partial charge in [-0.25, -0.2) is 4.39 Å². The van der Waals surface area contributed by atoms with Crippen molar-refractivity contribution in [3.8, 4) is 0 Å². The van der Waals surface area contributed by atoms with Crippen molar-refractivity contribution in [1.82, 2.24) is 0 Å². The van der Waals surface area contributed by atoms with Crippen molar-refractivity contribution in [2.24, 2.45) is 0 Å². The van der Waals surface area contributed by atoms with Crippen LogP contribution in [0.3, 0.4) is 0 Å². The topological polar surface area (TPSA) is 26.0 Å². The SMILES string of the molecule is Nc1cc(F)ccc1SCC1Cc2ccccc21. The Morgan fingerprint density at radius 1 is 1.22 bits per heavy atom. The molecule has 2 aromatic rings. The number of hydrogen-bond acceptors (Lipinski definition) is 2. The third-order valence-electron chi connectivity index (χ3n) is 3.37. The van der Waals surface area contributed by atoms with Gasteiger partial charge < -0.3 is 5.73 Å². The Morgan fingerprint density at radius 2 is 2.06 bits per heavy atom. The molecule has 3 heteroatoms.